The van der Waals surface area contributed by atoms with Crippen LogP contribution in [0.3, 0.4) is 0 Å². The fourth-order valence-electron chi connectivity index (χ4n) is 2.59. The molecule has 1 aliphatic rings. The fourth-order valence-corrected chi connectivity index (χ4v) is 2.59. The van der Waals surface area contributed by atoms with Gasteiger partial charge in [-0.25, -0.2) is 0 Å². The van der Waals surface area contributed by atoms with E-state index in [1.165, 1.54) is 12.8 Å². The molecule has 0 aliphatic carbocycles. The molecule has 1 aromatic heterocycles. The third-order valence-electron chi connectivity index (χ3n) is 3.84. The summed E-state index contributed by atoms with van der Waals surface area (Å²) in [6.45, 7) is 4.87. The lowest BCUT2D eigenvalue weighted by Gasteiger charge is -2.28. The molecule has 0 radical (unpaired) electrons. The number of amides is 1. The molecule has 0 bridgehead atoms. The number of halogens is 2. The smallest absolute Gasteiger partial charge is 0.220 e. The summed E-state index contributed by atoms with van der Waals surface area (Å²) in [6.07, 6.45) is 4.82. The van der Waals surface area contributed by atoms with Crippen LogP contribution in [0, 0.1) is 11.8 Å². The van der Waals surface area contributed by atoms with Gasteiger partial charge in [0.25, 0.3) is 0 Å². The van der Waals surface area contributed by atoms with E-state index in [9.17, 15) is 4.79 Å². The normalized spacial score (nSPS) is 18.8. The van der Waals surface area contributed by atoms with Gasteiger partial charge >= 0.3 is 0 Å². The second kappa shape index (κ2) is 10.8. The molecular formula is C15H25Cl2N3O. The van der Waals surface area contributed by atoms with Gasteiger partial charge in [0.2, 0.25) is 5.91 Å². The number of hydrogen-bond donors (Lipinski definition) is 2. The summed E-state index contributed by atoms with van der Waals surface area (Å²) in [5.41, 5.74) is 0.905. The molecule has 1 aromatic rings. The number of carbonyl (C=O) groups excluding carboxylic acids is 1. The molecule has 2 unspecified atom stereocenters. The maximum atomic E-state index is 11.9. The fraction of sp³-hybridized carbons (Fsp3) is 0.600. The van der Waals surface area contributed by atoms with Crippen molar-refractivity contribution < 1.29 is 4.79 Å². The van der Waals surface area contributed by atoms with Gasteiger partial charge in [0, 0.05) is 12.6 Å². The van der Waals surface area contributed by atoms with Crippen molar-refractivity contribution >= 4 is 30.7 Å². The van der Waals surface area contributed by atoms with Crippen molar-refractivity contribution in [1.29, 1.82) is 0 Å². The maximum absolute atomic E-state index is 11.9. The van der Waals surface area contributed by atoms with Crippen molar-refractivity contribution in [2.75, 3.05) is 13.1 Å². The molecule has 2 rings (SSSR count). The Bertz CT molecular complexity index is 397. The van der Waals surface area contributed by atoms with Crippen molar-refractivity contribution in [2.45, 2.75) is 32.7 Å². The highest BCUT2D eigenvalue weighted by molar-refractivity contribution is 5.85. The Hall–Kier alpha value is -0.840. The summed E-state index contributed by atoms with van der Waals surface area (Å²) in [5, 5.41) is 6.35. The van der Waals surface area contributed by atoms with Crippen LogP contribution in [0.5, 0.6) is 0 Å². The van der Waals surface area contributed by atoms with Crippen molar-refractivity contribution in [1.82, 2.24) is 15.6 Å². The predicted molar refractivity (Wildman–Crippen MR) is 90.0 cm³/mol. The topological polar surface area (TPSA) is 54.0 Å². The largest absolute Gasteiger partial charge is 0.350 e. The minimum absolute atomic E-state index is 0. The molecule has 2 N–H and O–H groups in total. The summed E-state index contributed by atoms with van der Waals surface area (Å²) in [7, 11) is 0. The first-order valence-electron chi connectivity index (χ1n) is 7.13. The van der Waals surface area contributed by atoms with Crippen LogP contribution in [-0.4, -0.2) is 24.0 Å². The minimum Gasteiger partial charge on any atom is -0.350 e. The predicted octanol–water partition coefficient (Wildman–Crippen LogP) is 2.57. The molecule has 4 nitrogen and oxygen atoms in total. The first-order chi connectivity index (χ1) is 9.25. The van der Waals surface area contributed by atoms with E-state index in [0.717, 1.165) is 18.8 Å². The average molecular weight is 334 g/mol. The summed E-state index contributed by atoms with van der Waals surface area (Å²) >= 11 is 0. The van der Waals surface area contributed by atoms with E-state index < -0.39 is 0 Å². The number of rotatable bonds is 5. The van der Waals surface area contributed by atoms with Crippen LogP contribution < -0.4 is 10.6 Å². The molecule has 0 spiro atoms. The Morgan fingerprint density at radius 1 is 1.48 bits per heavy atom. The van der Waals surface area contributed by atoms with E-state index in [1.807, 2.05) is 18.2 Å². The Balaban J connectivity index is 0.00000200. The summed E-state index contributed by atoms with van der Waals surface area (Å²) in [6, 6.07) is 5.74. The highest BCUT2D eigenvalue weighted by Crippen LogP contribution is 2.22. The molecule has 120 valence electrons. The zero-order chi connectivity index (χ0) is 13.5. The third kappa shape index (κ3) is 7.11. The van der Waals surface area contributed by atoms with E-state index in [2.05, 4.69) is 22.5 Å². The Labute approximate surface area is 139 Å². The molecule has 0 saturated carbocycles. The number of hydrogen-bond acceptors (Lipinski definition) is 3. The third-order valence-corrected chi connectivity index (χ3v) is 3.84. The van der Waals surface area contributed by atoms with Crippen LogP contribution in [-0.2, 0) is 11.3 Å². The van der Waals surface area contributed by atoms with E-state index in [1.54, 1.807) is 6.20 Å². The van der Waals surface area contributed by atoms with Crippen molar-refractivity contribution in [3.63, 3.8) is 0 Å². The van der Waals surface area contributed by atoms with Gasteiger partial charge in [-0.2, -0.15) is 0 Å². The highest BCUT2D eigenvalue weighted by atomic mass is 35.5. The molecule has 0 aromatic carbocycles. The highest BCUT2D eigenvalue weighted by Gasteiger charge is 2.21. The van der Waals surface area contributed by atoms with Crippen molar-refractivity contribution in [2.24, 2.45) is 11.8 Å². The lowest BCUT2D eigenvalue weighted by Crippen LogP contribution is -2.35. The average Bonchev–Trinajstić information content (AvgIpc) is 2.47. The molecule has 1 amide bonds. The monoisotopic (exact) mass is 333 g/mol. The van der Waals surface area contributed by atoms with E-state index in [4.69, 9.17) is 0 Å². The maximum Gasteiger partial charge on any atom is 0.220 e. The molecule has 2 atom stereocenters. The second-order valence-corrected chi connectivity index (χ2v) is 5.39. The van der Waals surface area contributed by atoms with Crippen molar-refractivity contribution in [3.05, 3.63) is 30.1 Å². The van der Waals surface area contributed by atoms with Crippen molar-refractivity contribution in [3.8, 4) is 0 Å². The summed E-state index contributed by atoms with van der Waals surface area (Å²) in [5.74, 6) is 1.20. The first-order valence-corrected chi connectivity index (χ1v) is 7.13. The van der Waals surface area contributed by atoms with Crippen LogP contribution in [0.25, 0.3) is 0 Å². The number of nitrogens with one attached hydrogen (secondary N) is 2. The molecule has 1 aliphatic heterocycles. The van der Waals surface area contributed by atoms with Crippen LogP contribution in [0.2, 0.25) is 0 Å². The van der Waals surface area contributed by atoms with E-state index >= 15 is 0 Å². The van der Waals surface area contributed by atoms with Gasteiger partial charge in [-0.05, 0) is 49.9 Å². The van der Waals surface area contributed by atoms with Crippen LogP contribution in [0.1, 0.15) is 31.9 Å². The van der Waals surface area contributed by atoms with E-state index in [0.29, 0.717) is 24.8 Å². The number of pyridine rings is 1. The van der Waals surface area contributed by atoms with Gasteiger partial charge in [0.05, 0.1) is 12.2 Å². The van der Waals surface area contributed by atoms with Gasteiger partial charge in [-0.15, -0.1) is 24.8 Å². The molecule has 1 fully saturated rings. The lowest BCUT2D eigenvalue weighted by atomic mass is 9.85. The van der Waals surface area contributed by atoms with Gasteiger partial charge in [-0.3, -0.25) is 9.78 Å². The van der Waals surface area contributed by atoms with Crippen LogP contribution in [0.4, 0.5) is 0 Å². The summed E-state index contributed by atoms with van der Waals surface area (Å²) < 4.78 is 0. The number of aromatic nitrogens is 1. The van der Waals surface area contributed by atoms with Gasteiger partial charge < -0.3 is 10.6 Å². The Morgan fingerprint density at radius 3 is 2.90 bits per heavy atom. The van der Waals surface area contributed by atoms with Crippen LogP contribution >= 0.6 is 24.8 Å². The van der Waals surface area contributed by atoms with Crippen LogP contribution in [0.15, 0.2) is 24.4 Å². The zero-order valence-corrected chi connectivity index (χ0v) is 14.0. The molecule has 1 saturated heterocycles. The minimum atomic E-state index is 0. The molecular weight excluding hydrogens is 309 g/mol. The molecule has 2 heterocycles. The molecule has 6 heteroatoms. The van der Waals surface area contributed by atoms with Gasteiger partial charge in [-0.1, -0.05) is 13.0 Å². The van der Waals surface area contributed by atoms with Gasteiger partial charge in [0.1, 0.15) is 0 Å². The number of piperidine rings is 1. The van der Waals surface area contributed by atoms with E-state index in [-0.39, 0.29) is 30.7 Å². The standard InChI is InChI=1S/C15H23N3O.2ClH/c1-12(13-5-4-7-16-10-13)9-15(19)18-11-14-6-2-3-8-17-14;;/h2-3,6,8,12-13,16H,4-5,7,9-11H2,1H3,(H,18,19);2*1H. The zero-order valence-electron chi connectivity index (χ0n) is 12.4. The Kier molecular flexibility index (Phi) is 10.4. The van der Waals surface area contributed by atoms with Gasteiger partial charge in [0.15, 0.2) is 0 Å². The SMILES string of the molecule is CC(CC(=O)NCc1ccccn1)C1CCCNC1.Cl.Cl. The second-order valence-electron chi connectivity index (χ2n) is 5.39. The number of carbonyl (C=O) groups is 1. The molecule has 21 heavy (non-hydrogen) atoms. The first kappa shape index (κ1) is 20.2. The quantitative estimate of drug-likeness (QED) is 0.870. The number of nitrogens with zero attached hydrogens (tertiary/aromatic N) is 1. The summed E-state index contributed by atoms with van der Waals surface area (Å²) in [4.78, 5) is 16.1. The lowest BCUT2D eigenvalue weighted by molar-refractivity contribution is -0.122. The Morgan fingerprint density at radius 2 is 2.29 bits per heavy atom.